The third-order valence-electron chi connectivity index (χ3n) is 5.02. The van der Waals surface area contributed by atoms with Gasteiger partial charge >= 0.3 is 5.97 Å². The number of aliphatic carboxylic acids is 1. The Kier molecular flexibility index (Phi) is 6.09. The van der Waals surface area contributed by atoms with E-state index in [-0.39, 0.29) is 12.1 Å². The van der Waals surface area contributed by atoms with E-state index in [0.29, 0.717) is 0 Å². The van der Waals surface area contributed by atoms with Crippen molar-refractivity contribution in [3.63, 3.8) is 0 Å². The first-order valence-corrected chi connectivity index (χ1v) is 10.5. The molecule has 5 nitrogen and oxygen atoms in total. The second kappa shape index (κ2) is 9.10. The summed E-state index contributed by atoms with van der Waals surface area (Å²) in [5.74, 6) is -1.61. The zero-order valence-electron chi connectivity index (χ0n) is 16.5. The maximum absolute atomic E-state index is 12.7. The van der Waals surface area contributed by atoms with Gasteiger partial charge in [-0.3, -0.25) is 9.78 Å². The Hall–Kier alpha value is -3.51. The average Bonchev–Trinajstić information content (AvgIpc) is 2.79. The minimum atomic E-state index is -1.09. The Bertz CT molecular complexity index is 1240. The number of hydrogen-bond donors (Lipinski definition) is 2. The number of nitrogens with zero attached hydrogens (tertiary/aromatic N) is 1. The summed E-state index contributed by atoms with van der Waals surface area (Å²) in [6.07, 6.45) is 1.78. The number of hydrogen-bond acceptors (Lipinski definition) is 3. The van der Waals surface area contributed by atoms with E-state index in [0.717, 1.165) is 31.9 Å². The van der Waals surface area contributed by atoms with Gasteiger partial charge in [0.2, 0.25) is 0 Å². The number of amides is 1. The molecule has 4 aromatic rings. The van der Waals surface area contributed by atoms with Crippen molar-refractivity contribution in [3.05, 3.63) is 101 Å². The van der Waals surface area contributed by atoms with Crippen LogP contribution in [0.1, 0.15) is 16.1 Å². The molecule has 4 rings (SSSR count). The van der Waals surface area contributed by atoms with Gasteiger partial charge in [0.05, 0.1) is 0 Å². The molecule has 2 N–H and O–H groups in total. The number of nitrogens with one attached hydrogen (secondary N) is 1. The number of benzene rings is 3. The number of carboxylic acids is 1. The van der Waals surface area contributed by atoms with Crippen LogP contribution < -0.4 is 5.32 Å². The van der Waals surface area contributed by atoms with E-state index < -0.39 is 17.9 Å². The number of carbonyl (C=O) groups excluding carboxylic acids is 1. The van der Waals surface area contributed by atoms with Gasteiger partial charge in [0, 0.05) is 22.5 Å². The lowest BCUT2D eigenvalue weighted by Crippen LogP contribution is -2.42. The van der Waals surface area contributed by atoms with Crippen LogP contribution in [0.4, 0.5) is 0 Å². The number of halogens is 1. The van der Waals surface area contributed by atoms with Crippen molar-refractivity contribution in [1.29, 1.82) is 0 Å². The van der Waals surface area contributed by atoms with E-state index in [4.69, 9.17) is 0 Å². The largest absolute Gasteiger partial charge is 0.480 e. The summed E-state index contributed by atoms with van der Waals surface area (Å²) in [5, 5.41) is 14.0. The normalized spacial score (nSPS) is 11.8. The van der Waals surface area contributed by atoms with Gasteiger partial charge in [-0.05, 0) is 40.3 Å². The number of pyridine rings is 1. The molecule has 1 amide bonds. The molecule has 3 aromatic carbocycles. The van der Waals surface area contributed by atoms with Gasteiger partial charge in [0.1, 0.15) is 11.7 Å². The van der Waals surface area contributed by atoms with E-state index in [1.807, 2.05) is 72.8 Å². The lowest BCUT2D eigenvalue weighted by Gasteiger charge is -2.15. The Labute approximate surface area is 187 Å². The molecule has 1 heterocycles. The molecular formula is C25H19BrN2O3. The van der Waals surface area contributed by atoms with E-state index in [2.05, 4.69) is 26.2 Å². The topological polar surface area (TPSA) is 79.3 Å². The van der Waals surface area contributed by atoms with Crippen molar-refractivity contribution >= 4 is 38.6 Å². The molecule has 0 bridgehead atoms. The smallest absolute Gasteiger partial charge is 0.326 e. The Morgan fingerprint density at radius 2 is 1.61 bits per heavy atom. The second-order valence-electron chi connectivity index (χ2n) is 7.19. The summed E-state index contributed by atoms with van der Waals surface area (Å²) >= 11 is 3.41. The fourth-order valence-electron chi connectivity index (χ4n) is 3.37. The summed E-state index contributed by atoms with van der Waals surface area (Å²) < 4.78 is 0.920. The second-order valence-corrected chi connectivity index (χ2v) is 8.11. The summed E-state index contributed by atoms with van der Waals surface area (Å²) in [7, 11) is 0. The number of aromatic nitrogens is 1. The highest BCUT2D eigenvalue weighted by Crippen LogP contribution is 2.21. The van der Waals surface area contributed by atoms with Gasteiger partial charge in [-0.2, -0.15) is 0 Å². The maximum Gasteiger partial charge on any atom is 0.326 e. The van der Waals surface area contributed by atoms with Crippen molar-refractivity contribution in [2.24, 2.45) is 0 Å². The number of carboxylic acid groups (broad SMARTS) is 1. The molecule has 0 aliphatic rings. The van der Waals surface area contributed by atoms with Crippen LogP contribution in [0, 0.1) is 0 Å². The molecular weight excluding hydrogens is 456 g/mol. The molecule has 0 fully saturated rings. The molecule has 0 aliphatic heterocycles. The molecule has 0 radical (unpaired) electrons. The molecule has 1 aromatic heterocycles. The molecule has 1 atom stereocenters. The maximum atomic E-state index is 12.7. The predicted molar refractivity (Wildman–Crippen MR) is 124 cm³/mol. The van der Waals surface area contributed by atoms with Crippen molar-refractivity contribution in [3.8, 4) is 11.1 Å². The van der Waals surface area contributed by atoms with Crippen LogP contribution in [0.5, 0.6) is 0 Å². The molecule has 0 aliphatic carbocycles. The van der Waals surface area contributed by atoms with Gasteiger partial charge in [0.25, 0.3) is 5.91 Å². The van der Waals surface area contributed by atoms with E-state index >= 15 is 0 Å². The van der Waals surface area contributed by atoms with Gasteiger partial charge < -0.3 is 10.4 Å². The Morgan fingerprint density at radius 1 is 0.903 bits per heavy atom. The minimum absolute atomic E-state index is 0.177. The van der Waals surface area contributed by atoms with Crippen LogP contribution in [-0.2, 0) is 11.2 Å². The summed E-state index contributed by atoms with van der Waals surface area (Å²) in [5.41, 5.74) is 3.14. The number of carbonyl (C=O) groups is 2. The third kappa shape index (κ3) is 4.98. The standard InChI is InChI=1S/C25H19BrN2O3/c26-21-11-10-19-14-22(27-15-20(19)13-21)24(29)28-23(25(30)31)12-16-6-8-18(9-7-16)17-4-2-1-3-5-17/h1-11,13-15,23H,12H2,(H,28,29)(H,30,31)/t23-/m0/s1. The molecule has 6 heteroatoms. The highest BCUT2D eigenvalue weighted by atomic mass is 79.9. The minimum Gasteiger partial charge on any atom is -0.480 e. The first-order valence-electron chi connectivity index (χ1n) is 9.73. The highest BCUT2D eigenvalue weighted by molar-refractivity contribution is 9.10. The van der Waals surface area contributed by atoms with Gasteiger partial charge in [0.15, 0.2) is 0 Å². The van der Waals surface area contributed by atoms with Crippen LogP contribution in [0.2, 0.25) is 0 Å². The van der Waals surface area contributed by atoms with E-state index in [1.165, 1.54) is 0 Å². The summed E-state index contributed by atoms with van der Waals surface area (Å²) in [6.45, 7) is 0. The first-order chi connectivity index (χ1) is 15.0. The van der Waals surface area contributed by atoms with E-state index in [1.54, 1.807) is 12.3 Å². The Balaban J connectivity index is 1.48. The molecule has 0 spiro atoms. The lowest BCUT2D eigenvalue weighted by atomic mass is 10.0. The van der Waals surface area contributed by atoms with Crippen LogP contribution in [0.3, 0.4) is 0 Å². The fourth-order valence-corrected chi connectivity index (χ4v) is 3.75. The van der Waals surface area contributed by atoms with Crippen molar-refractivity contribution in [2.75, 3.05) is 0 Å². The third-order valence-corrected chi connectivity index (χ3v) is 5.51. The monoisotopic (exact) mass is 474 g/mol. The SMILES string of the molecule is O=C(N[C@@H](Cc1ccc(-c2ccccc2)cc1)C(=O)O)c1cc2ccc(Br)cc2cn1. The van der Waals surface area contributed by atoms with Gasteiger partial charge in [-0.25, -0.2) is 4.79 Å². The summed E-state index contributed by atoms with van der Waals surface area (Å²) in [6, 6.07) is 23.9. The fraction of sp³-hybridized carbons (Fsp3) is 0.0800. The zero-order chi connectivity index (χ0) is 21.8. The molecule has 31 heavy (non-hydrogen) atoms. The van der Waals surface area contributed by atoms with Gasteiger partial charge in [-0.15, -0.1) is 0 Å². The van der Waals surface area contributed by atoms with Crippen molar-refractivity contribution < 1.29 is 14.7 Å². The average molecular weight is 475 g/mol. The molecule has 0 unspecified atom stereocenters. The lowest BCUT2D eigenvalue weighted by molar-refractivity contribution is -0.139. The predicted octanol–water partition coefficient (Wildman–Crippen LogP) is 5.09. The van der Waals surface area contributed by atoms with Gasteiger partial charge in [-0.1, -0.05) is 76.6 Å². The van der Waals surface area contributed by atoms with E-state index in [9.17, 15) is 14.7 Å². The summed E-state index contributed by atoms with van der Waals surface area (Å²) in [4.78, 5) is 28.6. The molecule has 0 saturated heterocycles. The zero-order valence-corrected chi connectivity index (χ0v) is 18.0. The number of rotatable bonds is 6. The van der Waals surface area contributed by atoms with Crippen molar-refractivity contribution in [1.82, 2.24) is 10.3 Å². The highest BCUT2D eigenvalue weighted by Gasteiger charge is 2.22. The van der Waals surface area contributed by atoms with Crippen LogP contribution in [-0.4, -0.2) is 28.0 Å². The number of fused-ring (bicyclic) bond motifs is 1. The Morgan fingerprint density at radius 3 is 2.32 bits per heavy atom. The molecule has 154 valence electrons. The molecule has 0 saturated carbocycles. The van der Waals surface area contributed by atoms with Crippen molar-refractivity contribution in [2.45, 2.75) is 12.5 Å². The first kappa shape index (κ1) is 20.8. The quantitative estimate of drug-likeness (QED) is 0.407. The van der Waals surface area contributed by atoms with Crippen LogP contribution >= 0.6 is 15.9 Å². The van der Waals surface area contributed by atoms with Crippen LogP contribution in [0.25, 0.3) is 21.9 Å². The van der Waals surface area contributed by atoms with Crippen LogP contribution in [0.15, 0.2) is 89.5 Å².